The highest BCUT2D eigenvalue weighted by molar-refractivity contribution is 5.78. The minimum absolute atomic E-state index is 0.0680. The Morgan fingerprint density at radius 1 is 1.12 bits per heavy atom. The third-order valence-electron chi connectivity index (χ3n) is 4.62. The Morgan fingerprint density at radius 3 is 2.48 bits per heavy atom. The second-order valence-corrected chi connectivity index (χ2v) is 6.55. The number of hydrogen-bond acceptors (Lipinski definition) is 4. The average molecular weight is 349 g/mol. The molecule has 2 rings (SSSR count). The van der Waals surface area contributed by atoms with E-state index in [2.05, 4.69) is 11.4 Å². The number of carbonyl (C=O) groups excluding carboxylic acids is 1. The van der Waals surface area contributed by atoms with Gasteiger partial charge in [0, 0.05) is 12.5 Å². The Morgan fingerprint density at radius 2 is 1.80 bits per heavy atom. The van der Waals surface area contributed by atoms with Crippen molar-refractivity contribution in [3.63, 3.8) is 0 Å². The minimum Gasteiger partial charge on any atom is -0.490 e. The maximum Gasteiger partial charge on any atom is 0.223 e. The summed E-state index contributed by atoms with van der Waals surface area (Å²) in [6.45, 7) is 5.82. The van der Waals surface area contributed by atoms with Crippen LogP contribution in [-0.4, -0.2) is 36.9 Å². The van der Waals surface area contributed by atoms with Crippen LogP contribution in [0.3, 0.4) is 0 Å². The molecule has 0 saturated heterocycles. The number of carbonyl (C=O) groups is 1. The maximum atomic E-state index is 12.1. The van der Waals surface area contributed by atoms with Crippen LogP contribution in [-0.2, 0) is 11.2 Å². The fourth-order valence-corrected chi connectivity index (χ4v) is 3.24. The summed E-state index contributed by atoms with van der Waals surface area (Å²) in [6, 6.07) is 6.03. The Bertz CT molecular complexity index is 538. The zero-order valence-corrected chi connectivity index (χ0v) is 15.4. The number of hydrogen-bond donors (Lipinski definition) is 2. The first kappa shape index (κ1) is 19.6. The van der Waals surface area contributed by atoms with Crippen molar-refractivity contribution in [1.82, 2.24) is 5.32 Å². The quantitative estimate of drug-likeness (QED) is 0.672. The van der Waals surface area contributed by atoms with E-state index in [1.165, 1.54) is 5.56 Å². The Hall–Kier alpha value is -1.75. The van der Waals surface area contributed by atoms with E-state index in [1.807, 2.05) is 26.0 Å². The number of nitrogens with one attached hydrogen (secondary N) is 1. The van der Waals surface area contributed by atoms with E-state index in [9.17, 15) is 9.90 Å². The zero-order valence-electron chi connectivity index (χ0n) is 15.4. The lowest BCUT2D eigenvalue weighted by Gasteiger charge is -2.24. The molecule has 0 aliphatic heterocycles. The molecule has 1 amide bonds. The van der Waals surface area contributed by atoms with Crippen molar-refractivity contribution in [2.45, 2.75) is 58.5 Å². The lowest BCUT2D eigenvalue weighted by molar-refractivity contribution is -0.126. The predicted molar refractivity (Wildman–Crippen MR) is 98.1 cm³/mol. The molecule has 0 bridgehead atoms. The summed E-state index contributed by atoms with van der Waals surface area (Å²) in [6.07, 6.45) is 4.63. The van der Waals surface area contributed by atoms with Gasteiger partial charge in [0.2, 0.25) is 5.91 Å². The molecule has 5 heteroatoms. The van der Waals surface area contributed by atoms with Crippen LogP contribution in [0.5, 0.6) is 11.5 Å². The highest BCUT2D eigenvalue weighted by Gasteiger charge is 2.24. The summed E-state index contributed by atoms with van der Waals surface area (Å²) in [7, 11) is 0. The van der Waals surface area contributed by atoms with E-state index < -0.39 is 0 Å². The second kappa shape index (κ2) is 10.3. The summed E-state index contributed by atoms with van der Waals surface area (Å²) in [5.74, 6) is 1.76. The van der Waals surface area contributed by atoms with Crippen LogP contribution in [0.4, 0.5) is 0 Å². The lowest BCUT2D eigenvalue weighted by atomic mass is 9.87. The summed E-state index contributed by atoms with van der Waals surface area (Å²) < 4.78 is 11.2. The van der Waals surface area contributed by atoms with Crippen molar-refractivity contribution in [2.24, 2.45) is 5.92 Å². The molecular formula is C20H31NO4. The van der Waals surface area contributed by atoms with E-state index in [0.29, 0.717) is 19.8 Å². The number of aliphatic hydroxyl groups is 1. The normalized spacial score (nSPS) is 20.1. The molecule has 0 aromatic heterocycles. The monoisotopic (exact) mass is 349 g/mol. The van der Waals surface area contributed by atoms with Crippen LogP contribution in [0.1, 0.15) is 51.5 Å². The first-order chi connectivity index (χ1) is 12.1. The van der Waals surface area contributed by atoms with Gasteiger partial charge in [0.1, 0.15) is 0 Å². The largest absolute Gasteiger partial charge is 0.490 e. The Kier molecular flexibility index (Phi) is 8.06. The molecule has 0 unspecified atom stereocenters. The van der Waals surface area contributed by atoms with Crippen molar-refractivity contribution in [3.8, 4) is 11.5 Å². The topological polar surface area (TPSA) is 67.8 Å². The van der Waals surface area contributed by atoms with Crippen LogP contribution >= 0.6 is 0 Å². The fraction of sp³-hybridized carbons (Fsp3) is 0.650. The smallest absolute Gasteiger partial charge is 0.223 e. The maximum absolute atomic E-state index is 12.1. The van der Waals surface area contributed by atoms with Crippen LogP contribution in [0.15, 0.2) is 18.2 Å². The van der Waals surface area contributed by atoms with E-state index in [4.69, 9.17) is 9.47 Å². The van der Waals surface area contributed by atoms with Crippen LogP contribution in [0.2, 0.25) is 0 Å². The van der Waals surface area contributed by atoms with E-state index in [1.54, 1.807) is 0 Å². The van der Waals surface area contributed by atoms with Gasteiger partial charge in [-0.2, -0.15) is 0 Å². The number of benzene rings is 1. The van der Waals surface area contributed by atoms with Gasteiger partial charge in [-0.15, -0.1) is 0 Å². The molecule has 25 heavy (non-hydrogen) atoms. The number of aryl methyl sites for hydroxylation is 1. The first-order valence-electron chi connectivity index (χ1n) is 9.48. The van der Waals surface area contributed by atoms with Gasteiger partial charge in [0.25, 0.3) is 0 Å². The van der Waals surface area contributed by atoms with Gasteiger partial charge in [0.05, 0.1) is 19.3 Å². The molecule has 1 saturated carbocycles. The molecule has 0 heterocycles. The molecule has 1 aliphatic rings. The number of amides is 1. The standard InChI is InChI=1S/C20H31NO4/c1-3-24-18-12-7-15(14-19(18)25-4-2)6-5-13-21-20(23)16-8-10-17(22)11-9-16/h7,12,14,16-17,22H,3-6,8-11,13H2,1-2H3,(H,21,23). The number of rotatable bonds is 9. The van der Waals surface area contributed by atoms with Gasteiger partial charge in [-0.05, 0) is 70.1 Å². The molecule has 1 aromatic carbocycles. The van der Waals surface area contributed by atoms with Crippen molar-refractivity contribution < 1.29 is 19.4 Å². The van der Waals surface area contributed by atoms with Gasteiger partial charge in [0.15, 0.2) is 11.5 Å². The van der Waals surface area contributed by atoms with Crippen molar-refractivity contribution in [1.29, 1.82) is 0 Å². The Balaban J connectivity index is 1.75. The first-order valence-corrected chi connectivity index (χ1v) is 9.48. The van der Waals surface area contributed by atoms with Crippen molar-refractivity contribution >= 4 is 5.91 Å². The molecule has 0 spiro atoms. The van der Waals surface area contributed by atoms with Crippen molar-refractivity contribution in [2.75, 3.05) is 19.8 Å². The number of ether oxygens (including phenoxy) is 2. The van der Waals surface area contributed by atoms with Crippen LogP contribution in [0, 0.1) is 5.92 Å². The second-order valence-electron chi connectivity index (χ2n) is 6.55. The van der Waals surface area contributed by atoms with Gasteiger partial charge < -0.3 is 19.9 Å². The number of aliphatic hydroxyl groups excluding tert-OH is 1. The fourth-order valence-electron chi connectivity index (χ4n) is 3.24. The lowest BCUT2D eigenvalue weighted by Crippen LogP contribution is -2.34. The molecule has 2 N–H and O–H groups in total. The summed E-state index contributed by atoms with van der Waals surface area (Å²) in [5.41, 5.74) is 1.18. The molecule has 1 aromatic rings. The highest BCUT2D eigenvalue weighted by atomic mass is 16.5. The SMILES string of the molecule is CCOc1ccc(CCCNC(=O)C2CCC(O)CC2)cc1OCC. The molecule has 1 fully saturated rings. The predicted octanol–water partition coefficient (Wildman–Crippen LogP) is 3.08. The molecule has 5 nitrogen and oxygen atoms in total. The Labute approximate surface area is 150 Å². The third-order valence-corrected chi connectivity index (χ3v) is 4.62. The van der Waals surface area contributed by atoms with E-state index in [0.717, 1.165) is 50.0 Å². The summed E-state index contributed by atoms with van der Waals surface area (Å²) in [4.78, 5) is 12.1. The molecule has 0 radical (unpaired) electrons. The van der Waals surface area contributed by atoms with Gasteiger partial charge in [-0.25, -0.2) is 0 Å². The molecule has 0 atom stereocenters. The zero-order chi connectivity index (χ0) is 18.1. The summed E-state index contributed by atoms with van der Waals surface area (Å²) in [5, 5.41) is 12.5. The average Bonchev–Trinajstić information content (AvgIpc) is 2.61. The van der Waals surface area contributed by atoms with E-state index in [-0.39, 0.29) is 17.9 Å². The molecular weight excluding hydrogens is 318 g/mol. The van der Waals surface area contributed by atoms with E-state index >= 15 is 0 Å². The van der Waals surface area contributed by atoms with Gasteiger partial charge >= 0.3 is 0 Å². The molecule has 140 valence electrons. The highest BCUT2D eigenvalue weighted by Crippen LogP contribution is 2.29. The van der Waals surface area contributed by atoms with Gasteiger partial charge in [-0.1, -0.05) is 6.07 Å². The molecule has 1 aliphatic carbocycles. The summed E-state index contributed by atoms with van der Waals surface area (Å²) >= 11 is 0. The van der Waals surface area contributed by atoms with Gasteiger partial charge in [-0.3, -0.25) is 4.79 Å². The van der Waals surface area contributed by atoms with Crippen LogP contribution in [0.25, 0.3) is 0 Å². The third kappa shape index (κ3) is 6.24. The minimum atomic E-state index is -0.219. The van der Waals surface area contributed by atoms with Crippen molar-refractivity contribution in [3.05, 3.63) is 23.8 Å². The van der Waals surface area contributed by atoms with Crippen LogP contribution < -0.4 is 14.8 Å².